The highest BCUT2D eigenvalue weighted by molar-refractivity contribution is 6.05. The van der Waals surface area contributed by atoms with Crippen molar-refractivity contribution >= 4 is 22.8 Å². The second-order valence-electron chi connectivity index (χ2n) is 7.68. The van der Waals surface area contributed by atoms with Crippen LogP contribution in [0.2, 0.25) is 0 Å². The molecule has 0 saturated heterocycles. The smallest absolute Gasteiger partial charge is 0.339 e. The van der Waals surface area contributed by atoms with Crippen molar-refractivity contribution in [2.45, 2.75) is 59.0 Å². The van der Waals surface area contributed by atoms with Gasteiger partial charge >= 0.3 is 5.97 Å². The third-order valence-corrected chi connectivity index (χ3v) is 4.96. The van der Waals surface area contributed by atoms with Gasteiger partial charge in [-0.15, -0.1) is 0 Å². The molecule has 1 heterocycles. The first-order chi connectivity index (χ1) is 13.0. The van der Waals surface area contributed by atoms with Gasteiger partial charge in [-0.2, -0.15) is 0 Å². The molecular formula is C22H28N2O3. The summed E-state index contributed by atoms with van der Waals surface area (Å²) in [6.07, 6.45) is 4.13. The van der Waals surface area contributed by atoms with E-state index in [0.717, 1.165) is 54.3 Å². The van der Waals surface area contributed by atoms with E-state index in [9.17, 15) is 9.59 Å². The lowest BCUT2D eigenvalue weighted by Crippen LogP contribution is -2.37. The SMILES string of the molecule is CC(C)CNC(=O)[C@H](C)OC(=O)c1c2c(nc3ccccc13)CCCCC2. The van der Waals surface area contributed by atoms with E-state index >= 15 is 0 Å². The van der Waals surface area contributed by atoms with Gasteiger partial charge in [-0.05, 0) is 50.2 Å². The van der Waals surface area contributed by atoms with Gasteiger partial charge in [0.1, 0.15) is 0 Å². The van der Waals surface area contributed by atoms with Crippen LogP contribution in [0, 0.1) is 5.92 Å². The van der Waals surface area contributed by atoms with Crippen molar-refractivity contribution in [3.63, 3.8) is 0 Å². The highest BCUT2D eigenvalue weighted by atomic mass is 16.5. The number of ether oxygens (including phenoxy) is 1. The number of fused-ring (bicyclic) bond motifs is 2. The number of amides is 1. The molecule has 1 aromatic heterocycles. The number of nitrogens with zero attached hydrogens (tertiary/aromatic N) is 1. The maximum Gasteiger partial charge on any atom is 0.339 e. The monoisotopic (exact) mass is 368 g/mol. The molecular weight excluding hydrogens is 340 g/mol. The Morgan fingerprint density at radius 2 is 1.85 bits per heavy atom. The van der Waals surface area contributed by atoms with Gasteiger partial charge in [0.05, 0.1) is 11.1 Å². The molecule has 0 saturated carbocycles. The fraction of sp³-hybridized carbons (Fsp3) is 0.500. The predicted octanol–water partition coefficient (Wildman–Crippen LogP) is 3.82. The van der Waals surface area contributed by atoms with Crippen LogP contribution in [0.15, 0.2) is 24.3 Å². The maximum atomic E-state index is 13.1. The van der Waals surface area contributed by atoms with Crippen LogP contribution >= 0.6 is 0 Å². The average Bonchev–Trinajstić information content (AvgIpc) is 2.88. The Morgan fingerprint density at radius 1 is 1.11 bits per heavy atom. The zero-order valence-corrected chi connectivity index (χ0v) is 16.4. The van der Waals surface area contributed by atoms with Crippen molar-refractivity contribution in [2.75, 3.05) is 6.54 Å². The summed E-state index contributed by atoms with van der Waals surface area (Å²) in [4.78, 5) is 30.1. The molecule has 27 heavy (non-hydrogen) atoms. The molecule has 1 amide bonds. The van der Waals surface area contributed by atoms with Crippen LogP contribution in [0.4, 0.5) is 0 Å². The second kappa shape index (κ2) is 8.51. The molecule has 5 nitrogen and oxygen atoms in total. The first-order valence-electron chi connectivity index (χ1n) is 9.86. The standard InChI is InChI=1S/C22H28N2O3/c1-14(2)13-23-21(25)15(3)27-22(26)20-16-9-5-4-6-11-18(16)24-19-12-8-7-10-17(19)20/h7-8,10,12,14-15H,4-6,9,11,13H2,1-3H3,(H,23,25)/t15-/m0/s1. The summed E-state index contributed by atoms with van der Waals surface area (Å²) in [5.74, 6) is -0.350. The molecule has 3 rings (SSSR count). The molecule has 2 aromatic rings. The Hall–Kier alpha value is -2.43. The first kappa shape index (κ1) is 19.3. The van der Waals surface area contributed by atoms with Crippen molar-refractivity contribution in [2.24, 2.45) is 5.92 Å². The van der Waals surface area contributed by atoms with Gasteiger partial charge < -0.3 is 10.1 Å². The first-order valence-corrected chi connectivity index (χ1v) is 9.86. The maximum absolute atomic E-state index is 13.1. The summed E-state index contributed by atoms with van der Waals surface area (Å²) in [5, 5.41) is 3.62. The molecule has 0 spiro atoms. The van der Waals surface area contributed by atoms with E-state index in [1.165, 1.54) is 0 Å². The number of nitrogens with one attached hydrogen (secondary N) is 1. The molecule has 0 unspecified atom stereocenters. The van der Waals surface area contributed by atoms with E-state index in [2.05, 4.69) is 5.32 Å². The van der Waals surface area contributed by atoms with Crippen molar-refractivity contribution in [1.29, 1.82) is 0 Å². The number of para-hydroxylation sites is 1. The molecule has 5 heteroatoms. The number of benzene rings is 1. The zero-order valence-electron chi connectivity index (χ0n) is 16.4. The van der Waals surface area contributed by atoms with Gasteiger partial charge in [-0.25, -0.2) is 4.79 Å². The summed E-state index contributed by atoms with van der Waals surface area (Å²) in [5.41, 5.74) is 3.38. The number of carbonyl (C=O) groups excluding carboxylic acids is 2. The summed E-state index contributed by atoms with van der Waals surface area (Å²) in [6.45, 7) is 6.23. The molecule has 0 radical (unpaired) electrons. The topological polar surface area (TPSA) is 68.3 Å². The van der Waals surface area contributed by atoms with Crippen LogP contribution in [0.5, 0.6) is 0 Å². The van der Waals surface area contributed by atoms with Crippen LogP contribution < -0.4 is 5.32 Å². The van der Waals surface area contributed by atoms with E-state index in [1.54, 1.807) is 6.92 Å². The van der Waals surface area contributed by atoms with Crippen molar-refractivity contribution in [3.05, 3.63) is 41.1 Å². The molecule has 1 aliphatic carbocycles. The van der Waals surface area contributed by atoms with Crippen molar-refractivity contribution in [1.82, 2.24) is 10.3 Å². The predicted molar refractivity (Wildman–Crippen MR) is 106 cm³/mol. The number of pyridine rings is 1. The number of carbonyl (C=O) groups is 2. The lowest BCUT2D eigenvalue weighted by Gasteiger charge is -2.18. The van der Waals surface area contributed by atoms with E-state index in [1.807, 2.05) is 38.1 Å². The summed E-state index contributed by atoms with van der Waals surface area (Å²) in [7, 11) is 0. The van der Waals surface area contributed by atoms with Crippen molar-refractivity contribution in [3.8, 4) is 0 Å². The number of esters is 1. The third-order valence-electron chi connectivity index (χ3n) is 4.96. The number of rotatable bonds is 5. The molecule has 1 aliphatic rings. The summed E-state index contributed by atoms with van der Waals surface area (Å²) >= 11 is 0. The number of aryl methyl sites for hydroxylation is 1. The average molecular weight is 368 g/mol. The Morgan fingerprint density at radius 3 is 2.63 bits per heavy atom. The molecule has 0 bridgehead atoms. The number of hydrogen-bond donors (Lipinski definition) is 1. The van der Waals surface area contributed by atoms with Crippen LogP contribution in [0.3, 0.4) is 0 Å². The second-order valence-corrected chi connectivity index (χ2v) is 7.68. The lowest BCUT2D eigenvalue weighted by molar-refractivity contribution is -0.129. The minimum atomic E-state index is -0.829. The van der Waals surface area contributed by atoms with Crippen LogP contribution in [0.1, 0.15) is 61.6 Å². The van der Waals surface area contributed by atoms with E-state index in [0.29, 0.717) is 18.0 Å². The quantitative estimate of drug-likeness (QED) is 0.643. The molecule has 1 N–H and O–H groups in total. The molecule has 0 fully saturated rings. The number of aromatic nitrogens is 1. The molecule has 1 aromatic carbocycles. The van der Waals surface area contributed by atoms with Crippen molar-refractivity contribution < 1.29 is 14.3 Å². The van der Waals surface area contributed by atoms with Gasteiger partial charge in [0.2, 0.25) is 0 Å². The number of hydrogen-bond acceptors (Lipinski definition) is 4. The van der Waals surface area contributed by atoms with Crippen LogP contribution in [-0.2, 0) is 22.4 Å². The van der Waals surface area contributed by atoms with Gasteiger partial charge in [0.25, 0.3) is 5.91 Å². The van der Waals surface area contributed by atoms with Gasteiger partial charge in [-0.1, -0.05) is 38.5 Å². The Kier molecular flexibility index (Phi) is 6.09. The molecule has 1 atom stereocenters. The molecule has 0 aliphatic heterocycles. The highest BCUT2D eigenvalue weighted by Gasteiger charge is 2.26. The Bertz CT molecular complexity index is 845. The van der Waals surface area contributed by atoms with E-state index in [4.69, 9.17) is 9.72 Å². The fourth-order valence-corrected chi connectivity index (χ4v) is 3.50. The third kappa shape index (κ3) is 4.46. The highest BCUT2D eigenvalue weighted by Crippen LogP contribution is 2.29. The van der Waals surface area contributed by atoms with Crippen LogP contribution in [0.25, 0.3) is 10.9 Å². The zero-order chi connectivity index (χ0) is 19.4. The lowest BCUT2D eigenvalue weighted by atomic mass is 9.97. The van der Waals surface area contributed by atoms with E-state index < -0.39 is 12.1 Å². The summed E-state index contributed by atoms with van der Waals surface area (Å²) < 4.78 is 5.57. The minimum Gasteiger partial charge on any atom is -0.449 e. The minimum absolute atomic E-state index is 0.262. The largest absolute Gasteiger partial charge is 0.449 e. The Balaban J connectivity index is 1.91. The van der Waals surface area contributed by atoms with Crippen LogP contribution in [-0.4, -0.2) is 29.5 Å². The molecule has 144 valence electrons. The van der Waals surface area contributed by atoms with Gasteiger partial charge in [-0.3, -0.25) is 9.78 Å². The summed E-state index contributed by atoms with van der Waals surface area (Å²) in [6, 6.07) is 7.67. The van der Waals surface area contributed by atoms with E-state index in [-0.39, 0.29) is 5.91 Å². The van der Waals surface area contributed by atoms with Gasteiger partial charge in [0.15, 0.2) is 6.10 Å². The fourth-order valence-electron chi connectivity index (χ4n) is 3.50. The van der Waals surface area contributed by atoms with Gasteiger partial charge in [0, 0.05) is 17.6 Å². The normalized spacial score (nSPS) is 15.1. The Labute approximate surface area is 160 Å².